The summed E-state index contributed by atoms with van der Waals surface area (Å²) in [4.78, 5) is 14.1. The number of hydrogen-bond acceptors (Lipinski definition) is 4. The third kappa shape index (κ3) is 3.32. The van der Waals surface area contributed by atoms with E-state index in [0.29, 0.717) is 17.1 Å². The predicted octanol–water partition coefficient (Wildman–Crippen LogP) is 4.42. The Morgan fingerprint density at radius 2 is 2.10 bits per heavy atom. The van der Waals surface area contributed by atoms with E-state index in [-0.39, 0.29) is 5.97 Å². The molecule has 20 heavy (non-hydrogen) atoms. The lowest BCUT2D eigenvalue weighted by Gasteiger charge is -2.09. The highest BCUT2D eigenvalue weighted by Gasteiger charge is 2.09. The molecule has 2 aromatic rings. The first-order valence-corrected chi connectivity index (χ1v) is 7.38. The van der Waals surface area contributed by atoms with Crippen molar-refractivity contribution in [2.45, 2.75) is 20.4 Å². The number of hydrogen-bond donors (Lipinski definition) is 1. The van der Waals surface area contributed by atoms with Crippen molar-refractivity contribution in [1.29, 1.82) is 0 Å². The number of benzene rings is 1. The molecule has 1 heterocycles. The number of carbonyl (C=O) groups is 1. The van der Waals surface area contributed by atoms with Crippen LogP contribution >= 0.6 is 22.9 Å². The second kappa shape index (κ2) is 6.29. The van der Waals surface area contributed by atoms with Gasteiger partial charge in [-0.05, 0) is 43.7 Å². The minimum atomic E-state index is -0.368. The minimum Gasteiger partial charge on any atom is -0.465 e. The average molecular weight is 310 g/mol. The van der Waals surface area contributed by atoms with Crippen molar-refractivity contribution >= 4 is 34.6 Å². The van der Waals surface area contributed by atoms with Crippen LogP contribution in [0.15, 0.2) is 24.3 Å². The molecule has 0 amide bonds. The first kappa shape index (κ1) is 14.9. The summed E-state index contributed by atoms with van der Waals surface area (Å²) in [6, 6.07) is 7.22. The maximum Gasteiger partial charge on any atom is 0.337 e. The maximum atomic E-state index is 11.5. The van der Waals surface area contributed by atoms with E-state index in [1.807, 2.05) is 0 Å². The molecule has 0 aliphatic carbocycles. The molecule has 0 saturated carbocycles. The fraction of sp³-hybridized carbons (Fsp3) is 0.267. The normalized spacial score (nSPS) is 10.4. The maximum absolute atomic E-state index is 11.5. The topological polar surface area (TPSA) is 38.3 Å². The van der Waals surface area contributed by atoms with Crippen LogP contribution < -0.4 is 5.32 Å². The van der Waals surface area contributed by atoms with Gasteiger partial charge in [0.25, 0.3) is 0 Å². The van der Waals surface area contributed by atoms with Gasteiger partial charge < -0.3 is 10.1 Å². The van der Waals surface area contributed by atoms with Crippen LogP contribution in [0.1, 0.15) is 25.7 Å². The molecule has 1 N–H and O–H groups in total. The molecule has 3 nitrogen and oxygen atoms in total. The number of nitrogens with one attached hydrogen (secondary N) is 1. The summed E-state index contributed by atoms with van der Waals surface area (Å²) in [7, 11) is 1.36. The summed E-state index contributed by atoms with van der Waals surface area (Å²) in [5.41, 5.74) is 2.46. The lowest BCUT2D eigenvalue weighted by atomic mass is 10.2. The second-order valence-electron chi connectivity index (χ2n) is 4.48. The van der Waals surface area contributed by atoms with Gasteiger partial charge in [0.1, 0.15) is 0 Å². The number of esters is 1. The number of halogens is 1. The van der Waals surface area contributed by atoms with Gasteiger partial charge >= 0.3 is 5.97 Å². The third-order valence-electron chi connectivity index (χ3n) is 3.00. The van der Waals surface area contributed by atoms with Gasteiger partial charge in [-0.1, -0.05) is 11.6 Å². The van der Waals surface area contributed by atoms with Crippen LogP contribution in [0.2, 0.25) is 5.02 Å². The summed E-state index contributed by atoms with van der Waals surface area (Å²) >= 11 is 7.92. The van der Waals surface area contributed by atoms with Gasteiger partial charge in [0, 0.05) is 16.3 Å². The Hall–Kier alpha value is -1.52. The van der Waals surface area contributed by atoms with Crippen molar-refractivity contribution in [3.63, 3.8) is 0 Å². The van der Waals surface area contributed by atoms with Crippen LogP contribution in [-0.4, -0.2) is 13.1 Å². The molecule has 1 aromatic heterocycles. The van der Waals surface area contributed by atoms with E-state index >= 15 is 0 Å². The van der Waals surface area contributed by atoms with Crippen LogP contribution in [-0.2, 0) is 11.3 Å². The molecule has 0 bridgehead atoms. The van der Waals surface area contributed by atoms with Crippen molar-refractivity contribution in [3.8, 4) is 0 Å². The Kier molecular flexibility index (Phi) is 4.68. The van der Waals surface area contributed by atoms with Crippen molar-refractivity contribution in [2.24, 2.45) is 0 Å². The molecule has 0 saturated heterocycles. The fourth-order valence-electron chi connectivity index (χ4n) is 1.96. The van der Waals surface area contributed by atoms with Crippen LogP contribution in [0.25, 0.3) is 0 Å². The second-order valence-corrected chi connectivity index (χ2v) is 6.35. The number of methoxy groups -OCH3 is 1. The van der Waals surface area contributed by atoms with Crippen molar-refractivity contribution < 1.29 is 9.53 Å². The number of aryl methyl sites for hydroxylation is 2. The van der Waals surface area contributed by atoms with Gasteiger partial charge in [-0.25, -0.2) is 4.79 Å². The van der Waals surface area contributed by atoms with Crippen molar-refractivity contribution in [3.05, 3.63) is 50.2 Å². The Balaban J connectivity index is 2.16. The average Bonchev–Trinajstić information content (AvgIpc) is 2.75. The number of carbonyl (C=O) groups excluding carboxylic acids is 1. The van der Waals surface area contributed by atoms with Crippen molar-refractivity contribution in [2.75, 3.05) is 12.4 Å². The summed E-state index contributed by atoms with van der Waals surface area (Å²) < 4.78 is 4.71. The van der Waals surface area contributed by atoms with Gasteiger partial charge in [0.2, 0.25) is 0 Å². The van der Waals surface area contributed by atoms with E-state index < -0.39 is 0 Å². The largest absolute Gasteiger partial charge is 0.465 e. The Morgan fingerprint density at radius 3 is 2.70 bits per heavy atom. The quantitative estimate of drug-likeness (QED) is 0.850. The number of rotatable bonds is 4. The van der Waals surface area contributed by atoms with Gasteiger partial charge in [-0.2, -0.15) is 0 Å². The zero-order valence-electron chi connectivity index (χ0n) is 11.6. The number of anilines is 1. The van der Waals surface area contributed by atoms with E-state index in [4.69, 9.17) is 16.3 Å². The molecule has 5 heteroatoms. The molecule has 2 rings (SSSR count). The van der Waals surface area contributed by atoms with E-state index in [1.165, 1.54) is 22.4 Å². The molecule has 0 unspecified atom stereocenters. The highest BCUT2D eigenvalue weighted by molar-refractivity contribution is 7.12. The Labute approximate surface area is 127 Å². The molecule has 0 radical (unpaired) electrons. The van der Waals surface area contributed by atoms with Gasteiger partial charge in [-0.3, -0.25) is 0 Å². The molecular formula is C15H16ClNO2S. The lowest BCUT2D eigenvalue weighted by Crippen LogP contribution is -2.04. The first-order valence-electron chi connectivity index (χ1n) is 6.19. The molecule has 0 aliphatic rings. The predicted molar refractivity (Wildman–Crippen MR) is 83.9 cm³/mol. The molecule has 0 atom stereocenters. The Morgan fingerprint density at radius 1 is 1.35 bits per heavy atom. The minimum absolute atomic E-state index is 0.368. The summed E-state index contributed by atoms with van der Waals surface area (Å²) in [6.07, 6.45) is 0. The zero-order valence-corrected chi connectivity index (χ0v) is 13.2. The van der Waals surface area contributed by atoms with Crippen molar-refractivity contribution in [1.82, 2.24) is 0 Å². The molecule has 1 aromatic carbocycles. The van der Waals surface area contributed by atoms with Crippen LogP contribution in [0.5, 0.6) is 0 Å². The fourth-order valence-corrected chi connectivity index (χ4v) is 3.09. The molecule has 0 aliphatic heterocycles. The highest BCUT2D eigenvalue weighted by atomic mass is 35.5. The number of thiophene rings is 1. The van der Waals surface area contributed by atoms with Gasteiger partial charge in [0.05, 0.1) is 23.4 Å². The third-order valence-corrected chi connectivity index (χ3v) is 4.34. The number of ether oxygens (including phenoxy) is 1. The van der Waals surface area contributed by atoms with E-state index in [0.717, 1.165) is 5.69 Å². The molecular weight excluding hydrogens is 294 g/mol. The molecule has 0 spiro atoms. The molecule has 106 valence electrons. The van der Waals surface area contributed by atoms with Crippen LogP contribution in [0, 0.1) is 13.8 Å². The SMILES string of the molecule is COC(=O)c1ccc(Cl)c(NCc2cc(C)sc2C)c1. The molecule has 0 fully saturated rings. The van der Waals surface area contributed by atoms with Crippen LogP contribution in [0.3, 0.4) is 0 Å². The van der Waals surface area contributed by atoms with E-state index in [1.54, 1.807) is 29.5 Å². The lowest BCUT2D eigenvalue weighted by molar-refractivity contribution is 0.0601. The summed E-state index contributed by atoms with van der Waals surface area (Å²) in [5.74, 6) is -0.368. The van der Waals surface area contributed by atoms with Gasteiger partial charge in [-0.15, -0.1) is 11.3 Å². The monoisotopic (exact) mass is 309 g/mol. The highest BCUT2D eigenvalue weighted by Crippen LogP contribution is 2.26. The summed E-state index contributed by atoms with van der Waals surface area (Å²) in [5, 5.41) is 3.86. The summed E-state index contributed by atoms with van der Waals surface area (Å²) in [6.45, 7) is 4.87. The Bertz CT molecular complexity index is 637. The van der Waals surface area contributed by atoms with E-state index in [2.05, 4.69) is 25.2 Å². The van der Waals surface area contributed by atoms with Gasteiger partial charge in [0.15, 0.2) is 0 Å². The zero-order chi connectivity index (χ0) is 14.7. The first-order chi connectivity index (χ1) is 9.51. The van der Waals surface area contributed by atoms with Crippen LogP contribution in [0.4, 0.5) is 5.69 Å². The standard InChI is InChI=1S/C15H16ClNO2S/c1-9-6-12(10(2)20-9)8-17-14-7-11(15(18)19-3)4-5-13(14)16/h4-7,17H,8H2,1-3H3. The smallest absolute Gasteiger partial charge is 0.337 e. The van der Waals surface area contributed by atoms with E-state index in [9.17, 15) is 4.79 Å².